The Morgan fingerprint density at radius 2 is 1.07 bits per heavy atom. The molecule has 0 amide bonds. The first kappa shape index (κ1) is 27.8. The summed E-state index contributed by atoms with van der Waals surface area (Å²) < 4.78 is 161. The second-order valence-electron chi connectivity index (χ2n) is 4.45. The number of halogens is 11. The van der Waals surface area contributed by atoms with Gasteiger partial charge >= 0.3 is 39.3 Å². The van der Waals surface area contributed by atoms with Crippen LogP contribution in [0.1, 0.15) is 0 Å². The molecule has 0 aromatic rings. The summed E-state index contributed by atoms with van der Waals surface area (Å²) in [4.78, 5) is 0. The smallest absolute Gasteiger partial charge is 0.310 e. The van der Waals surface area contributed by atoms with Crippen LogP contribution in [0.2, 0.25) is 0 Å². The van der Waals surface area contributed by atoms with E-state index >= 15 is 0 Å². The molecule has 0 aliphatic heterocycles. The first-order valence-electron chi connectivity index (χ1n) is 6.14. The van der Waals surface area contributed by atoms with Crippen LogP contribution >= 0.6 is 0 Å². The molecule has 0 unspecified atom stereocenters. The van der Waals surface area contributed by atoms with E-state index in [9.17, 15) is 56.7 Å². The summed E-state index contributed by atoms with van der Waals surface area (Å²) in [6, 6.07) is 0. The fourth-order valence-electron chi connectivity index (χ4n) is 1.01. The molecule has 0 bridgehead atoms. The van der Waals surface area contributed by atoms with Gasteiger partial charge in [-0.15, -0.1) is 13.2 Å². The van der Waals surface area contributed by atoms with Gasteiger partial charge in [0, 0.05) is 13.1 Å². The van der Waals surface area contributed by atoms with E-state index in [0.717, 1.165) is 13.1 Å². The molecule has 0 heterocycles. The van der Waals surface area contributed by atoms with Gasteiger partial charge in [-0.25, -0.2) is 0 Å². The zero-order valence-electron chi connectivity index (χ0n) is 12.8. The summed E-state index contributed by atoms with van der Waals surface area (Å²) in [5.74, 6) is -23.3. The van der Waals surface area contributed by atoms with Gasteiger partial charge in [-0.2, -0.15) is 56.7 Å². The minimum absolute atomic E-state index is 0.867. The molecule has 0 aliphatic rings. The molecular weight excluding hydrogens is 435 g/mol. The second kappa shape index (κ2) is 8.72. The maximum absolute atomic E-state index is 12.5. The molecule has 2 N–H and O–H groups in total. The van der Waals surface area contributed by atoms with Crippen molar-refractivity contribution in [2.24, 2.45) is 0 Å². The van der Waals surface area contributed by atoms with Crippen molar-refractivity contribution in [2.75, 3.05) is 13.1 Å². The normalized spacial score (nSPS) is 14.2. The highest BCUT2D eigenvalue weighted by Gasteiger charge is 2.89. The number of nitrogens with one attached hydrogen (secondary N) is 1. The minimum Gasteiger partial charge on any atom is -0.310 e. The Kier molecular flexibility index (Phi) is 8.98. The Labute approximate surface area is 145 Å². The van der Waals surface area contributed by atoms with Gasteiger partial charge in [-0.1, -0.05) is 12.2 Å². The highest BCUT2D eigenvalue weighted by atomic mass is 32.2. The predicted molar refractivity (Wildman–Crippen MR) is 70.7 cm³/mol. The lowest BCUT2D eigenvalue weighted by molar-refractivity contribution is -0.413. The van der Waals surface area contributed by atoms with Crippen LogP contribution < -0.4 is 5.32 Å². The Hall–Kier alpha value is -1.42. The lowest BCUT2D eigenvalue weighted by Crippen LogP contribution is -2.67. The molecule has 0 aliphatic carbocycles. The maximum Gasteiger partial charge on any atom is 0.460 e. The van der Waals surface area contributed by atoms with Gasteiger partial charge in [0.2, 0.25) is 0 Å². The Morgan fingerprint density at radius 1 is 0.741 bits per heavy atom. The first-order chi connectivity index (χ1) is 11.7. The number of hydrogen-bond acceptors (Lipinski definition) is 3. The summed E-state index contributed by atoms with van der Waals surface area (Å²) >= 11 is 0. The summed E-state index contributed by atoms with van der Waals surface area (Å²) in [6.07, 6.45) is -3.75. The number of hydrogen-bond donors (Lipinski definition) is 2. The molecule has 0 rings (SSSR count). The molecule has 0 aromatic carbocycles. The van der Waals surface area contributed by atoms with Crippen LogP contribution in [0.3, 0.4) is 0 Å². The van der Waals surface area contributed by atoms with Crippen molar-refractivity contribution < 1.29 is 61.3 Å². The van der Waals surface area contributed by atoms with E-state index in [1.54, 1.807) is 0 Å². The Bertz CT molecular complexity index is 606. The van der Waals surface area contributed by atoms with Crippen LogP contribution in [0.25, 0.3) is 0 Å². The third-order valence-electron chi connectivity index (χ3n) is 2.41. The summed E-state index contributed by atoms with van der Waals surface area (Å²) in [6.45, 7) is 8.81. The average Bonchev–Trinajstić information content (AvgIpc) is 2.45. The first-order valence-corrected chi connectivity index (χ1v) is 7.58. The Morgan fingerprint density at radius 3 is 1.30 bits per heavy atom. The van der Waals surface area contributed by atoms with Crippen LogP contribution in [0, 0.1) is 0 Å². The van der Waals surface area contributed by atoms with E-state index in [4.69, 9.17) is 4.55 Å². The minimum atomic E-state index is -7.86. The average molecular weight is 447 g/mol. The highest BCUT2D eigenvalue weighted by molar-refractivity contribution is 7.87. The molecule has 0 aromatic heterocycles. The molecule has 0 saturated carbocycles. The molecule has 0 saturated heterocycles. The van der Waals surface area contributed by atoms with Crippen LogP contribution in [0.15, 0.2) is 25.3 Å². The van der Waals surface area contributed by atoms with Crippen LogP contribution in [-0.4, -0.2) is 55.3 Å². The summed E-state index contributed by atoms with van der Waals surface area (Å²) in [7, 11) is -7.41. The molecular formula is C11H12F11NO3S. The van der Waals surface area contributed by atoms with Crippen molar-refractivity contribution in [3.63, 3.8) is 0 Å². The molecule has 162 valence electrons. The third-order valence-corrected chi connectivity index (χ3v) is 3.32. The molecule has 0 spiro atoms. The summed E-state index contributed by atoms with van der Waals surface area (Å²) in [5, 5.41) is -4.24. The fourth-order valence-corrected chi connectivity index (χ4v) is 1.46. The molecule has 27 heavy (non-hydrogen) atoms. The third kappa shape index (κ3) is 5.54. The van der Waals surface area contributed by atoms with Gasteiger partial charge in [-0.3, -0.25) is 4.55 Å². The molecule has 0 atom stereocenters. The van der Waals surface area contributed by atoms with Crippen LogP contribution in [0.5, 0.6) is 0 Å². The van der Waals surface area contributed by atoms with Crippen molar-refractivity contribution in [2.45, 2.75) is 29.2 Å². The topological polar surface area (TPSA) is 66.4 Å². The fraction of sp³-hybridized carbons (Fsp3) is 0.636. The van der Waals surface area contributed by atoms with E-state index in [1.165, 1.54) is 0 Å². The number of alkyl halides is 11. The van der Waals surface area contributed by atoms with Gasteiger partial charge in [0.15, 0.2) is 0 Å². The zero-order chi connectivity index (χ0) is 22.5. The standard InChI is InChI=1S/C6H11N.C5HF11O3S/c1-3-5-7-6-4-2;6-1(7,2(8,9)4(12,13)14)3(10,11)5(15,16)20(17,18)19/h3-4,7H,1-2,5-6H2;(H,17,18,19). The Balaban J connectivity index is 0. The quantitative estimate of drug-likeness (QED) is 0.257. The summed E-state index contributed by atoms with van der Waals surface area (Å²) in [5.41, 5.74) is 0. The van der Waals surface area contributed by atoms with E-state index in [2.05, 4.69) is 18.5 Å². The van der Waals surface area contributed by atoms with Crippen molar-refractivity contribution in [3.05, 3.63) is 25.3 Å². The zero-order valence-corrected chi connectivity index (χ0v) is 13.6. The number of rotatable bonds is 8. The van der Waals surface area contributed by atoms with Gasteiger partial charge in [0.1, 0.15) is 0 Å². The van der Waals surface area contributed by atoms with Gasteiger partial charge < -0.3 is 5.32 Å². The van der Waals surface area contributed by atoms with E-state index in [0.29, 0.717) is 0 Å². The van der Waals surface area contributed by atoms with Crippen LogP contribution in [-0.2, 0) is 10.1 Å². The van der Waals surface area contributed by atoms with Gasteiger partial charge in [0.25, 0.3) is 0 Å². The SMILES string of the molecule is C=CCNCC=C.O=S(=O)(O)C(F)(F)C(F)(F)C(F)(F)C(F)(F)C(F)(F)F. The predicted octanol–water partition coefficient (Wildman–Crippen LogP) is 3.88. The molecule has 16 heteroatoms. The maximum atomic E-state index is 12.5. The van der Waals surface area contributed by atoms with Crippen molar-refractivity contribution >= 4 is 10.1 Å². The molecule has 0 fully saturated rings. The van der Waals surface area contributed by atoms with Crippen molar-refractivity contribution in [1.29, 1.82) is 0 Å². The largest absolute Gasteiger partial charge is 0.460 e. The van der Waals surface area contributed by atoms with E-state index < -0.39 is 39.3 Å². The van der Waals surface area contributed by atoms with E-state index in [1.807, 2.05) is 12.2 Å². The second-order valence-corrected chi connectivity index (χ2v) is 5.91. The lowest BCUT2D eigenvalue weighted by atomic mass is 10.0. The van der Waals surface area contributed by atoms with Crippen molar-refractivity contribution in [3.8, 4) is 0 Å². The molecule has 0 radical (unpaired) electrons. The monoisotopic (exact) mass is 447 g/mol. The van der Waals surface area contributed by atoms with Crippen LogP contribution in [0.4, 0.5) is 48.3 Å². The molecule has 4 nitrogen and oxygen atoms in total. The van der Waals surface area contributed by atoms with E-state index in [-0.39, 0.29) is 0 Å². The van der Waals surface area contributed by atoms with Gasteiger partial charge in [0.05, 0.1) is 0 Å². The lowest BCUT2D eigenvalue weighted by Gasteiger charge is -2.35. The van der Waals surface area contributed by atoms with Gasteiger partial charge in [-0.05, 0) is 0 Å². The highest BCUT2D eigenvalue weighted by Crippen LogP contribution is 2.58. The van der Waals surface area contributed by atoms with Crippen molar-refractivity contribution in [1.82, 2.24) is 5.32 Å².